The van der Waals surface area contributed by atoms with E-state index >= 15 is 0 Å². The minimum absolute atomic E-state index is 0.345. The van der Waals surface area contributed by atoms with E-state index in [1.54, 1.807) is 29.7 Å². The van der Waals surface area contributed by atoms with Crippen molar-refractivity contribution in [3.63, 3.8) is 0 Å². The maximum Gasteiger partial charge on any atom is 0.290 e. The minimum atomic E-state index is -0.386. The Balaban J connectivity index is 1.11. The number of thioether (sulfide) groups is 1. The molecule has 10 heteroatoms. The van der Waals surface area contributed by atoms with Crippen molar-refractivity contribution in [1.82, 2.24) is 25.2 Å². The van der Waals surface area contributed by atoms with Gasteiger partial charge in [0.15, 0.2) is 0 Å². The van der Waals surface area contributed by atoms with Gasteiger partial charge in [-0.05, 0) is 79.3 Å². The molecule has 3 aromatic heterocycles. The topological polar surface area (TPSA) is 100 Å². The van der Waals surface area contributed by atoms with E-state index in [0.29, 0.717) is 22.5 Å². The zero-order chi connectivity index (χ0) is 23.3. The van der Waals surface area contributed by atoms with Gasteiger partial charge in [-0.3, -0.25) is 24.8 Å². The lowest BCUT2D eigenvalue weighted by atomic mass is 9.96. The van der Waals surface area contributed by atoms with Crippen LogP contribution >= 0.6 is 23.1 Å². The number of aromatic nitrogens is 3. The highest BCUT2D eigenvalue weighted by molar-refractivity contribution is 8.18. The van der Waals surface area contributed by atoms with Crippen LogP contribution in [0.25, 0.3) is 17.3 Å². The number of carbonyl (C=O) groups is 2. The van der Waals surface area contributed by atoms with E-state index in [1.165, 1.54) is 5.56 Å². The molecular formula is C24H24N6O2S2. The van der Waals surface area contributed by atoms with Crippen molar-refractivity contribution in [1.29, 1.82) is 0 Å². The van der Waals surface area contributed by atoms with E-state index in [0.717, 1.165) is 62.2 Å². The highest BCUT2D eigenvalue weighted by Gasteiger charge is 2.25. The molecule has 2 N–H and O–H groups in total. The molecular weight excluding hydrogens is 468 g/mol. The van der Waals surface area contributed by atoms with Crippen LogP contribution in [0.5, 0.6) is 0 Å². The fourth-order valence-electron chi connectivity index (χ4n) is 4.05. The third-order valence-corrected chi connectivity index (χ3v) is 7.36. The Morgan fingerprint density at radius 1 is 1.15 bits per heavy atom. The lowest BCUT2D eigenvalue weighted by Crippen LogP contribution is -2.35. The first-order valence-electron chi connectivity index (χ1n) is 11.1. The summed E-state index contributed by atoms with van der Waals surface area (Å²) >= 11 is 2.57. The Bertz CT molecular complexity index is 1210. The molecule has 174 valence electrons. The first-order valence-corrected chi connectivity index (χ1v) is 12.9. The van der Waals surface area contributed by atoms with E-state index in [4.69, 9.17) is 4.98 Å². The summed E-state index contributed by atoms with van der Waals surface area (Å²) in [7, 11) is 0. The average molecular weight is 493 g/mol. The van der Waals surface area contributed by atoms with Crippen LogP contribution in [0, 0.1) is 5.92 Å². The Morgan fingerprint density at radius 2 is 2.03 bits per heavy atom. The van der Waals surface area contributed by atoms with Gasteiger partial charge in [-0.25, -0.2) is 9.97 Å². The number of carbonyl (C=O) groups excluding carboxylic acids is 2. The lowest BCUT2D eigenvalue weighted by Gasteiger charge is -2.31. The molecule has 34 heavy (non-hydrogen) atoms. The van der Waals surface area contributed by atoms with E-state index in [9.17, 15) is 9.59 Å². The number of anilines is 1. The summed E-state index contributed by atoms with van der Waals surface area (Å²) < 4.78 is 0. The van der Waals surface area contributed by atoms with Gasteiger partial charge in [-0.2, -0.15) is 11.3 Å². The van der Waals surface area contributed by atoms with Gasteiger partial charge >= 0.3 is 0 Å². The quantitative estimate of drug-likeness (QED) is 0.472. The summed E-state index contributed by atoms with van der Waals surface area (Å²) in [5.41, 5.74) is 3.92. The second-order valence-electron chi connectivity index (χ2n) is 8.28. The molecule has 0 unspecified atom stereocenters. The van der Waals surface area contributed by atoms with Crippen molar-refractivity contribution in [3.8, 4) is 11.3 Å². The van der Waals surface area contributed by atoms with Crippen LogP contribution in [-0.2, 0) is 11.3 Å². The Kier molecular flexibility index (Phi) is 6.98. The molecule has 2 aliphatic heterocycles. The van der Waals surface area contributed by atoms with Gasteiger partial charge in [0.2, 0.25) is 5.95 Å². The van der Waals surface area contributed by atoms with Gasteiger partial charge < -0.3 is 5.32 Å². The summed E-state index contributed by atoms with van der Waals surface area (Å²) in [6, 6.07) is 10.1. The molecule has 0 bridgehead atoms. The number of likely N-dealkylation sites (tertiary alicyclic amines) is 1. The molecule has 5 heterocycles. The van der Waals surface area contributed by atoms with Crippen LogP contribution in [0.3, 0.4) is 0 Å². The highest BCUT2D eigenvalue weighted by atomic mass is 32.2. The van der Waals surface area contributed by atoms with Gasteiger partial charge in [0.1, 0.15) is 0 Å². The van der Waals surface area contributed by atoms with Crippen LogP contribution in [-0.4, -0.2) is 50.6 Å². The number of thiophene rings is 1. The molecule has 0 saturated carbocycles. The largest absolute Gasteiger partial charge is 0.354 e. The van der Waals surface area contributed by atoms with Crippen molar-refractivity contribution in [3.05, 3.63) is 63.6 Å². The molecule has 0 radical (unpaired) electrons. The molecule has 0 spiro atoms. The van der Waals surface area contributed by atoms with E-state index in [1.807, 2.05) is 0 Å². The van der Waals surface area contributed by atoms with Gasteiger partial charge in [0.25, 0.3) is 11.1 Å². The summed E-state index contributed by atoms with van der Waals surface area (Å²) in [5, 5.41) is 9.43. The van der Waals surface area contributed by atoms with Crippen LogP contribution in [0.2, 0.25) is 0 Å². The van der Waals surface area contributed by atoms with Crippen molar-refractivity contribution in [2.45, 2.75) is 19.4 Å². The monoisotopic (exact) mass is 492 g/mol. The average Bonchev–Trinajstić information content (AvgIpc) is 3.49. The van der Waals surface area contributed by atoms with Crippen molar-refractivity contribution in [2.75, 3.05) is 25.0 Å². The Hall–Kier alpha value is -3.08. The zero-order valence-electron chi connectivity index (χ0n) is 18.4. The van der Waals surface area contributed by atoms with Crippen LogP contribution < -0.4 is 10.6 Å². The molecule has 0 aromatic carbocycles. The normalized spacial score (nSPS) is 18.4. The number of imide groups is 1. The molecule has 2 aliphatic rings. The number of pyridine rings is 1. The van der Waals surface area contributed by atoms with E-state index < -0.39 is 0 Å². The van der Waals surface area contributed by atoms with Gasteiger partial charge in [0.05, 0.1) is 22.0 Å². The molecule has 5 rings (SSSR count). The number of rotatable bonds is 7. The third kappa shape index (κ3) is 5.69. The molecule has 2 fully saturated rings. The molecule has 2 amide bonds. The fraction of sp³-hybridized carbons (Fsp3) is 0.292. The van der Waals surface area contributed by atoms with E-state index in [-0.39, 0.29) is 11.1 Å². The van der Waals surface area contributed by atoms with E-state index in [2.05, 4.69) is 60.5 Å². The summed E-state index contributed by atoms with van der Waals surface area (Å²) in [5.74, 6) is 0.685. The van der Waals surface area contributed by atoms with Crippen LogP contribution in [0.1, 0.15) is 24.2 Å². The molecule has 0 aliphatic carbocycles. The number of nitrogens with one attached hydrogen (secondary N) is 2. The predicted molar refractivity (Wildman–Crippen MR) is 135 cm³/mol. The molecule has 0 atom stereocenters. The number of nitrogens with zero attached hydrogens (tertiary/aromatic N) is 4. The predicted octanol–water partition coefficient (Wildman–Crippen LogP) is 4.25. The second-order valence-corrected chi connectivity index (χ2v) is 10.1. The molecule has 8 nitrogen and oxygen atoms in total. The minimum Gasteiger partial charge on any atom is -0.354 e. The standard InChI is InChI=1S/C24H24N6O2S2/c31-22-21(34-24(32)29-22)12-18-4-8-25-23(28-18)26-13-16-5-9-30(10-6-16)14-19-2-1-3-20(27-19)17-7-11-33-15-17/h1-4,7-8,11-12,15-16H,5-6,9-10,13-14H2,(H,25,26,28)(H,29,31,32). The summed E-state index contributed by atoms with van der Waals surface area (Å²) in [6.07, 6.45) is 5.46. The van der Waals surface area contributed by atoms with Crippen molar-refractivity contribution < 1.29 is 9.59 Å². The molecule has 2 saturated heterocycles. The number of hydrogen-bond acceptors (Lipinski definition) is 9. The maximum absolute atomic E-state index is 11.7. The zero-order valence-corrected chi connectivity index (χ0v) is 20.1. The van der Waals surface area contributed by atoms with Gasteiger partial charge in [-0.1, -0.05) is 6.07 Å². The smallest absolute Gasteiger partial charge is 0.290 e. The summed E-state index contributed by atoms with van der Waals surface area (Å²) in [4.78, 5) is 39.5. The fourth-order valence-corrected chi connectivity index (χ4v) is 5.36. The first-order chi connectivity index (χ1) is 16.6. The van der Waals surface area contributed by atoms with Crippen molar-refractivity contribution in [2.24, 2.45) is 5.92 Å². The van der Waals surface area contributed by atoms with Crippen LogP contribution in [0.4, 0.5) is 10.7 Å². The molecule has 3 aromatic rings. The van der Waals surface area contributed by atoms with Gasteiger partial charge in [0, 0.05) is 30.2 Å². The highest BCUT2D eigenvalue weighted by Crippen LogP contribution is 2.25. The first kappa shape index (κ1) is 22.7. The van der Waals surface area contributed by atoms with Crippen molar-refractivity contribution >= 4 is 46.3 Å². The summed E-state index contributed by atoms with van der Waals surface area (Å²) in [6.45, 7) is 3.73. The SMILES string of the molecule is O=C1NC(=O)C(=Cc2ccnc(NCC3CCN(Cc4cccc(-c5ccsc5)n4)CC3)n2)S1. The number of piperidine rings is 1. The number of hydrogen-bond donors (Lipinski definition) is 2. The maximum atomic E-state index is 11.7. The van der Waals surface area contributed by atoms with Crippen LogP contribution in [0.15, 0.2) is 52.2 Å². The second kappa shape index (κ2) is 10.5. The lowest BCUT2D eigenvalue weighted by molar-refractivity contribution is -0.115. The van der Waals surface area contributed by atoms with Gasteiger partial charge in [-0.15, -0.1) is 0 Å². The Labute approximate surface area is 205 Å². The number of amides is 2. The Morgan fingerprint density at radius 3 is 2.79 bits per heavy atom. The third-order valence-electron chi connectivity index (χ3n) is 5.86.